The molecule has 0 N–H and O–H groups in total. The van der Waals surface area contributed by atoms with Crippen LogP contribution in [-0.4, -0.2) is 7.11 Å². The molecule has 0 aromatic heterocycles. The quantitative estimate of drug-likeness (QED) is 0.857. The fourth-order valence-corrected chi connectivity index (χ4v) is 1.90. The number of ether oxygens (including phenoxy) is 2. The number of benzene rings is 2. The van der Waals surface area contributed by atoms with Crippen molar-refractivity contribution in [2.24, 2.45) is 0 Å². The molecular weight excluding hydrogens is 281 g/mol. The van der Waals surface area contributed by atoms with E-state index in [4.69, 9.17) is 26.3 Å². The largest absolute Gasteiger partial charge is 0.496 e. The van der Waals surface area contributed by atoms with Crippen LogP contribution in [0.25, 0.3) is 0 Å². The summed E-state index contributed by atoms with van der Waals surface area (Å²) in [5.74, 6) is 0.111. The summed E-state index contributed by atoms with van der Waals surface area (Å²) >= 11 is 5.91. The van der Waals surface area contributed by atoms with Crippen LogP contribution >= 0.6 is 11.6 Å². The zero-order chi connectivity index (χ0) is 14.5. The molecule has 102 valence electrons. The fraction of sp³-hybridized carbons (Fsp3) is 0.133. The number of rotatable bonds is 4. The molecule has 0 atom stereocenters. The molecule has 5 heteroatoms. The Kier molecular flexibility index (Phi) is 4.44. The SMILES string of the molecule is COc1ccc(Cl)cc1COc1ccc(C#N)cc1F. The van der Waals surface area contributed by atoms with E-state index in [1.807, 2.05) is 6.07 Å². The normalized spacial score (nSPS) is 9.90. The van der Waals surface area contributed by atoms with Crippen molar-refractivity contribution in [2.75, 3.05) is 7.11 Å². The van der Waals surface area contributed by atoms with Crippen molar-refractivity contribution >= 4 is 11.6 Å². The first-order valence-electron chi connectivity index (χ1n) is 5.79. The van der Waals surface area contributed by atoms with Crippen LogP contribution in [0.3, 0.4) is 0 Å². The third-order valence-corrected chi connectivity index (χ3v) is 2.92. The minimum atomic E-state index is -0.579. The Bertz CT molecular complexity index is 667. The molecule has 20 heavy (non-hydrogen) atoms. The Morgan fingerprint density at radius 1 is 1.20 bits per heavy atom. The smallest absolute Gasteiger partial charge is 0.166 e. The summed E-state index contributed by atoms with van der Waals surface area (Å²) in [4.78, 5) is 0. The van der Waals surface area contributed by atoms with Crippen molar-refractivity contribution in [1.82, 2.24) is 0 Å². The van der Waals surface area contributed by atoms with Gasteiger partial charge < -0.3 is 9.47 Å². The summed E-state index contributed by atoms with van der Waals surface area (Å²) in [5.41, 5.74) is 0.957. The first kappa shape index (κ1) is 14.2. The predicted molar refractivity (Wildman–Crippen MR) is 73.5 cm³/mol. The van der Waals surface area contributed by atoms with Crippen LogP contribution in [0.2, 0.25) is 5.02 Å². The molecule has 0 spiro atoms. The van der Waals surface area contributed by atoms with Gasteiger partial charge in [0.1, 0.15) is 12.4 Å². The number of hydrogen-bond acceptors (Lipinski definition) is 3. The van der Waals surface area contributed by atoms with Crippen molar-refractivity contribution < 1.29 is 13.9 Å². The Morgan fingerprint density at radius 3 is 2.60 bits per heavy atom. The molecule has 0 saturated carbocycles. The average Bonchev–Trinajstić information content (AvgIpc) is 2.46. The van der Waals surface area contributed by atoms with Gasteiger partial charge in [-0.05, 0) is 36.4 Å². The van der Waals surface area contributed by atoms with Crippen molar-refractivity contribution in [1.29, 1.82) is 5.26 Å². The number of hydrogen-bond donors (Lipinski definition) is 0. The Balaban J connectivity index is 2.17. The second kappa shape index (κ2) is 6.27. The molecule has 0 saturated heterocycles. The maximum atomic E-state index is 13.7. The van der Waals surface area contributed by atoms with E-state index in [1.165, 1.54) is 19.2 Å². The Hall–Kier alpha value is -2.25. The fourth-order valence-electron chi connectivity index (χ4n) is 1.70. The van der Waals surface area contributed by atoms with Crippen molar-refractivity contribution in [3.63, 3.8) is 0 Å². The van der Waals surface area contributed by atoms with Gasteiger partial charge in [-0.15, -0.1) is 0 Å². The molecule has 2 rings (SSSR count). The summed E-state index contributed by atoms with van der Waals surface area (Å²) in [6.45, 7) is 0.118. The van der Waals surface area contributed by atoms with E-state index in [9.17, 15) is 4.39 Å². The topological polar surface area (TPSA) is 42.2 Å². The summed E-state index contributed by atoms with van der Waals surface area (Å²) < 4.78 is 24.2. The highest BCUT2D eigenvalue weighted by atomic mass is 35.5. The van der Waals surface area contributed by atoms with Crippen molar-refractivity contribution in [3.8, 4) is 17.6 Å². The van der Waals surface area contributed by atoms with Gasteiger partial charge >= 0.3 is 0 Å². The third kappa shape index (κ3) is 3.19. The number of halogens is 2. The van der Waals surface area contributed by atoms with Gasteiger partial charge in [0.25, 0.3) is 0 Å². The highest BCUT2D eigenvalue weighted by molar-refractivity contribution is 6.30. The summed E-state index contributed by atoms with van der Waals surface area (Å²) in [6, 6.07) is 11.0. The van der Waals surface area contributed by atoms with E-state index in [0.717, 1.165) is 6.07 Å². The van der Waals surface area contributed by atoms with Crippen LogP contribution in [0, 0.1) is 17.1 Å². The molecule has 0 bridgehead atoms. The monoisotopic (exact) mass is 291 g/mol. The van der Waals surface area contributed by atoms with Crippen LogP contribution in [0.5, 0.6) is 11.5 Å². The number of methoxy groups -OCH3 is 1. The summed E-state index contributed by atoms with van der Waals surface area (Å²) in [7, 11) is 1.54. The first-order valence-corrected chi connectivity index (χ1v) is 6.16. The molecular formula is C15H11ClFNO2. The lowest BCUT2D eigenvalue weighted by Gasteiger charge is -2.11. The highest BCUT2D eigenvalue weighted by Gasteiger charge is 2.08. The minimum Gasteiger partial charge on any atom is -0.496 e. The molecule has 0 fully saturated rings. The molecule has 3 nitrogen and oxygen atoms in total. The Labute approximate surface area is 121 Å². The molecule has 2 aromatic rings. The van der Waals surface area contributed by atoms with E-state index in [2.05, 4.69) is 0 Å². The molecule has 0 radical (unpaired) electrons. The number of nitriles is 1. The van der Waals surface area contributed by atoms with E-state index in [0.29, 0.717) is 16.3 Å². The standard InChI is InChI=1S/C15H11ClFNO2/c1-19-14-5-3-12(16)7-11(14)9-20-15-4-2-10(8-18)6-13(15)17/h2-7H,9H2,1H3. The van der Waals surface area contributed by atoms with Crippen molar-refractivity contribution in [3.05, 3.63) is 58.4 Å². The van der Waals surface area contributed by atoms with Gasteiger partial charge in [-0.25, -0.2) is 4.39 Å². The van der Waals surface area contributed by atoms with Crippen LogP contribution in [0.4, 0.5) is 4.39 Å². The average molecular weight is 292 g/mol. The van der Waals surface area contributed by atoms with E-state index >= 15 is 0 Å². The molecule has 0 amide bonds. The molecule has 0 unspecified atom stereocenters. The van der Waals surface area contributed by atoms with Gasteiger partial charge in [0, 0.05) is 10.6 Å². The summed E-state index contributed by atoms with van der Waals surface area (Å²) in [5, 5.41) is 9.22. The molecule has 0 aliphatic rings. The van der Waals surface area contributed by atoms with Crippen molar-refractivity contribution in [2.45, 2.75) is 6.61 Å². The van der Waals surface area contributed by atoms with Crippen LogP contribution in [0.1, 0.15) is 11.1 Å². The second-order valence-electron chi connectivity index (χ2n) is 4.00. The third-order valence-electron chi connectivity index (χ3n) is 2.69. The number of nitrogens with zero attached hydrogens (tertiary/aromatic N) is 1. The van der Waals surface area contributed by atoms with Crippen LogP contribution in [-0.2, 0) is 6.61 Å². The maximum absolute atomic E-state index is 13.7. The summed E-state index contributed by atoms with van der Waals surface area (Å²) in [6.07, 6.45) is 0. The lowest BCUT2D eigenvalue weighted by Crippen LogP contribution is -2.00. The van der Waals surface area contributed by atoms with Crippen LogP contribution < -0.4 is 9.47 Å². The first-order chi connectivity index (χ1) is 9.63. The zero-order valence-electron chi connectivity index (χ0n) is 10.7. The maximum Gasteiger partial charge on any atom is 0.166 e. The van der Waals surface area contributed by atoms with Gasteiger partial charge in [0.05, 0.1) is 18.7 Å². The molecule has 0 heterocycles. The lowest BCUT2D eigenvalue weighted by atomic mass is 10.2. The van der Waals surface area contributed by atoms with E-state index in [-0.39, 0.29) is 17.9 Å². The van der Waals surface area contributed by atoms with Gasteiger partial charge in [-0.3, -0.25) is 0 Å². The van der Waals surface area contributed by atoms with Crippen LogP contribution in [0.15, 0.2) is 36.4 Å². The Morgan fingerprint density at radius 2 is 1.95 bits per heavy atom. The highest BCUT2D eigenvalue weighted by Crippen LogP contribution is 2.25. The van der Waals surface area contributed by atoms with Gasteiger partial charge in [0.2, 0.25) is 0 Å². The lowest BCUT2D eigenvalue weighted by molar-refractivity contribution is 0.282. The molecule has 0 aliphatic carbocycles. The second-order valence-corrected chi connectivity index (χ2v) is 4.44. The van der Waals surface area contributed by atoms with E-state index in [1.54, 1.807) is 18.2 Å². The van der Waals surface area contributed by atoms with Gasteiger partial charge in [-0.2, -0.15) is 5.26 Å². The zero-order valence-corrected chi connectivity index (χ0v) is 11.4. The van der Waals surface area contributed by atoms with E-state index < -0.39 is 5.82 Å². The molecule has 0 aliphatic heterocycles. The minimum absolute atomic E-state index is 0.0750. The van der Waals surface area contributed by atoms with Gasteiger partial charge in [0.15, 0.2) is 11.6 Å². The van der Waals surface area contributed by atoms with Gasteiger partial charge in [-0.1, -0.05) is 11.6 Å². The molecule has 2 aromatic carbocycles. The predicted octanol–water partition coefficient (Wildman–Crippen LogP) is 3.94.